The highest BCUT2D eigenvalue weighted by Crippen LogP contribution is 2.21. The van der Waals surface area contributed by atoms with Crippen LogP contribution in [-0.2, 0) is 11.2 Å². The van der Waals surface area contributed by atoms with E-state index in [1.165, 1.54) is 12.1 Å². The standard InChI is InChI=1S/C15H12ClFO2/c16-12-8-4-7-11(14(12)17)9-13(18)15(19)10-5-2-1-3-6-10/h1-8,15,19H,9H2. The Bertz CT molecular complexity index is 584. The van der Waals surface area contributed by atoms with Crippen LogP contribution in [0.25, 0.3) is 0 Å². The van der Waals surface area contributed by atoms with Crippen LogP contribution in [0.5, 0.6) is 0 Å². The van der Waals surface area contributed by atoms with Gasteiger partial charge in [-0.25, -0.2) is 4.39 Å². The Morgan fingerprint density at radius 1 is 1.16 bits per heavy atom. The average molecular weight is 279 g/mol. The zero-order chi connectivity index (χ0) is 13.8. The van der Waals surface area contributed by atoms with E-state index < -0.39 is 17.7 Å². The molecule has 2 aromatic rings. The molecule has 2 nitrogen and oxygen atoms in total. The van der Waals surface area contributed by atoms with Crippen molar-refractivity contribution in [2.24, 2.45) is 0 Å². The van der Waals surface area contributed by atoms with Gasteiger partial charge in [0, 0.05) is 6.42 Å². The van der Waals surface area contributed by atoms with Gasteiger partial charge in [-0.1, -0.05) is 54.1 Å². The molecule has 0 spiro atoms. The average Bonchev–Trinajstić information content (AvgIpc) is 2.44. The van der Waals surface area contributed by atoms with Gasteiger partial charge < -0.3 is 5.11 Å². The lowest BCUT2D eigenvalue weighted by Gasteiger charge is -2.10. The van der Waals surface area contributed by atoms with Crippen molar-refractivity contribution < 1.29 is 14.3 Å². The number of aliphatic hydroxyl groups excluding tert-OH is 1. The van der Waals surface area contributed by atoms with Gasteiger partial charge in [-0.2, -0.15) is 0 Å². The second-order valence-electron chi connectivity index (χ2n) is 4.17. The Morgan fingerprint density at radius 2 is 1.84 bits per heavy atom. The first-order chi connectivity index (χ1) is 9.09. The molecule has 0 aliphatic rings. The van der Waals surface area contributed by atoms with Crippen molar-refractivity contribution in [3.05, 3.63) is 70.5 Å². The van der Waals surface area contributed by atoms with E-state index in [2.05, 4.69) is 0 Å². The highest BCUT2D eigenvalue weighted by molar-refractivity contribution is 6.30. The molecule has 0 aliphatic heterocycles. The van der Waals surface area contributed by atoms with Gasteiger partial charge in [0.1, 0.15) is 11.9 Å². The molecular formula is C15H12ClFO2. The molecule has 1 N–H and O–H groups in total. The van der Waals surface area contributed by atoms with Crippen molar-refractivity contribution >= 4 is 17.4 Å². The molecule has 98 valence electrons. The first kappa shape index (κ1) is 13.7. The second-order valence-corrected chi connectivity index (χ2v) is 4.58. The van der Waals surface area contributed by atoms with E-state index in [0.29, 0.717) is 5.56 Å². The summed E-state index contributed by atoms with van der Waals surface area (Å²) in [5.74, 6) is -1.08. The second kappa shape index (κ2) is 5.95. The maximum atomic E-state index is 13.7. The molecule has 0 fully saturated rings. The Balaban J connectivity index is 2.15. The van der Waals surface area contributed by atoms with Crippen LogP contribution in [0, 0.1) is 5.82 Å². The number of Topliss-reactive ketones (excluding diaryl/α,β-unsaturated/α-hetero) is 1. The minimum absolute atomic E-state index is 0.0282. The highest BCUT2D eigenvalue weighted by atomic mass is 35.5. The molecule has 0 bridgehead atoms. The first-order valence-corrected chi connectivity index (χ1v) is 6.16. The Hall–Kier alpha value is -1.71. The molecule has 0 saturated heterocycles. The lowest BCUT2D eigenvalue weighted by Crippen LogP contribution is -2.15. The molecular weight excluding hydrogens is 267 g/mol. The summed E-state index contributed by atoms with van der Waals surface area (Å²) in [6.07, 6.45) is -1.44. The minimum Gasteiger partial charge on any atom is -0.381 e. The van der Waals surface area contributed by atoms with E-state index in [4.69, 9.17) is 11.6 Å². The Labute approximate surface area is 115 Å². The number of rotatable bonds is 4. The summed E-state index contributed by atoms with van der Waals surface area (Å²) in [5.41, 5.74) is 0.683. The van der Waals surface area contributed by atoms with E-state index in [1.54, 1.807) is 36.4 Å². The summed E-state index contributed by atoms with van der Waals surface area (Å²) in [6, 6.07) is 13.0. The van der Waals surface area contributed by atoms with Gasteiger partial charge >= 0.3 is 0 Å². The van der Waals surface area contributed by atoms with Gasteiger partial charge in [0.05, 0.1) is 5.02 Å². The third-order valence-corrected chi connectivity index (χ3v) is 3.11. The van der Waals surface area contributed by atoms with Crippen LogP contribution in [0.2, 0.25) is 5.02 Å². The van der Waals surface area contributed by atoms with E-state index in [9.17, 15) is 14.3 Å². The van der Waals surface area contributed by atoms with E-state index >= 15 is 0 Å². The molecule has 0 amide bonds. The molecule has 1 atom stereocenters. The summed E-state index contributed by atoms with van der Waals surface area (Å²) in [4.78, 5) is 11.9. The molecule has 0 saturated carbocycles. The summed E-state index contributed by atoms with van der Waals surface area (Å²) in [5, 5.41) is 9.88. The van der Waals surface area contributed by atoms with Crippen LogP contribution in [-0.4, -0.2) is 10.9 Å². The summed E-state index contributed by atoms with van der Waals surface area (Å²) in [6.45, 7) is 0. The van der Waals surface area contributed by atoms with Gasteiger partial charge in [-0.05, 0) is 17.2 Å². The number of hydrogen-bond donors (Lipinski definition) is 1. The molecule has 0 radical (unpaired) electrons. The number of hydrogen-bond acceptors (Lipinski definition) is 2. The van der Waals surface area contributed by atoms with Gasteiger partial charge in [0.15, 0.2) is 5.78 Å². The Morgan fingerprint density at radius 3 is 2.53 bits per heavy atom. The third-order valence-electron chi connectivity index (χ3n) is 2.82. The predicted octanol–water partition coefficient (Wildman–Crippen LogP) is 3.32. The van der Waals surface area contributed by atoms with Crippen LogP contribution < -0.4 is 0 Å². The number of carbonyl (C=O) groups excluding carboxylic acids is 1. The monoisotopic (exact) mass is 278 g/mol. The first-order valence-electron chi connectivity index (χ1n) is 5.78. The molecule has 0 aliphatic carbocycles. The predicted molar refractivity (Wildman–Crippen MR) is 71.5 cm³/mol. The fourth-order valence-electron chi connectivity index (χ4n) is 1.79. The number of carbonyl (C=O) groups is 1. The number of benzene rings is 2. The van der Waals surface area contributed by atoms with Crippen molar-refractivity contribution in [2.45, 2.75) is 12.5 Å². The van der Waals surface area contributed by atoms with E-state index in [0.717, 1.165) is 0 Å². The van der Waals surface area contributed by atoms with Crippen molar-refractivity contribution in [1.82, 2.24) is 0 Å². The summed E-state index contributed by atoms with van der Waals surface area (Å²) in [7, 11) is 0. The van der Waals surface area contributed by atoms with Crippen molar-refractivity contribution in [2.75, 3.05) is 0 Å². The normalized spacial score (nSPS) is 12.2. The zero-order valence-corrected chi connectivity index (χ0v) is 10.8. The highest BCUT2D eigenvalue weighted by Gasteiger charge is 2.19. The quantitative estimate of drug-likeness (QED) is 0.931. The molecule has 0 heterocycles. The van der Waals surface area contributed by atoms with Crippen LogP contribution in [0.15, 0.2) is 48.5 Å². The SMILES string of the molecule is O=C(Cc1cccc(Cl)c1F)C(O)c1ccccc1. The lowest BCUT2D eigenvalue weighted by molar-refractivity contribution is -0.126. The van der Waals surface area contributed by atoms with Crippen molar-refractivity contribution in [1.29, 1.82) is 0 Å². The van der Waals surface area contributed by atoms with Crippen LogP contribution in [0.4, 0.5) is 4.39 Å². The topological polar surface area (TPSA) is 37.3 Å². The van der Waals surface area contributed by atoms with E-state index in [1.807, 2.05) is 0 Å². The van der Waals surface area contributed by atoms with Gasteiger partial charge in [0.25, 0.3) is 0 Å². The summed E-state index contributed by atoms with van der Waals surface area (Å²) >= 11 is 5.65. The van der Waals surface area contributed by atoms with Crippen LogP contribution in [0.3, 0.4) is 0 Å². The van der Waals surface area contributed by atoms with Gasteiger partial charge in [-0.15, -0.1) is 0 Å². The fourth-order valence-corrected chi connectivity index (χ4v) is 1.98. The van der Waals surface area contributed by atoms with Crippen LogP contribution in [0.1, 0.15) is 17.2 Å². The fraction of sp³-hybridized carbons (Fsp3) is 0.133. The van der Waals surface area contributed by atoms with Crippen molar-refractivity contribution in [3.63, 3.8) is 0 Å². The maximum Gasteiger partial charge on any atom is 0.170 e. The lowest BCUT2D eigenvalue weighted by atomic mass is 10.00. The molecule has 2 rings (SSSR count). The molecule has 1 unspecified atom stereocenters. The van der Waals surface area contributed by atoms with Gasteiger partial charge in [0.2, 0.25) is 0 Å². The Kier molecular flexibility index (Phi) is 4.30. The largest absolute Gasteiger partial charge is 0.381 e. The van der Waals surface area contributed by atoms with Crippen molar-refractivity contribution in [3.8, 4) is 0 Å². The minimum atomic E-state index is -1.25. The third kappa shape index (κ3) is 3.19. The van der Waals surface area contributed by atoms with Crippen LogP contribution >= 0.6 is 11.6 Å². The molecule has 2 aromatic carbocycles. The zero-order valence-electron chi connectivity index (χ0n) is 10.0. The molecule has 4 heteroatoms. The number of ketones is 1. The molecule has 19 heavy (non-hydrogen) atoms. The van der Waals surface area contributed by atoms with E-state index in [-0.39, 0.29) is 17.0 Å². The van der Waals surface area contributed by atoms with Gasteiger partial charge in [-0.3, -0.25) is 4.79 Å². The number of aliphatic hydroxyl groups is 1. The number of halogens is 2. The smallest absolute Gasteiger partial charge is 0.170 e. The summed E-state index contributed by atoms with van der Waals surface area (Å²) < 4.78 is 13.7. The molecule has 0 aromatic heterocycles. The maximum absolute atomic E-state index is 13.7.